The molecule has 14 heavy (non-hydrogen) atoms. The molecule has 1 rings (SSSR count). The van der Waals surface area contributed by atoms with Gasteiger partial charge < -0.3 is 11.1 Å². The highest BCUT2D eigenvalue weighted by Gasteiger charge is 2.09. The van der Waals surface area contributed by atoms with E-state index in [0.29, 0.717) is 18.7 Å². The predicted molar refractivity (Wildman–Crippen MR) is 53.7 cm³/mol. The minimum absolute atomic E-state index is 0.142. The summed E-state index contributed by atoms with van der Waals surface area (Å²) in [6.45, 7) is 0.564. The molecular formula is C10H13FN2O. The van der Waals surface area contributed by atoms with Crippen LogP contribution in [0.3, 0.4) is 0 Å². The van der Waals surface area contributed by atoms with Crippen LogP contribution in [-0.4, -0.2) is 19.4 Å². The summed E-state index contributed by atoms with van der Waals surface area (Å²) in [7, 11) is 1.75. The number of benzene rings is 1. The molecule has 0 heterocycles. The van der Waals surface area contributed by atoms with E-state index in [1.165, 1.54) is 18.2 Å². The molecule has 0 atom stereocenters. The Bertz CT molecular complexity index is 339. The fourth-order valence-corrected chi connectivity index (χ4v) is 1.14. The highest BCUT2D eigenvalue weighted by Crippen LogP contribution is 2.14. The van der Waals surface area contributed by atoms with Gasteiger partial charge in [-0.25, -0.2) is 4.39 Å². The summed E-state index contributed by atoms with van der Waals surface area (Å²) in [4.78, 5) is 11.5. The number of nitrogen functional groups attached to an aromatic ring is 1. The summed E-state index contributed by atoms with van der Waals surface area (Å²) in [5.74, 6) is -0.580. The summed E-state index contributed by atoms with van der Waals surface area (Å²) in [6, 6.07) is 3.82. The normalized spacial score (nSPS) is 10.1. The molecule has 3 N–H and O–H groups in total. The van der Waals surface area contributed by atoms with E-state index < -0.39 is 5.82 Å². The van der Waals surface area contributed by atoms with Crippen molar-refractivity contribution in [3.8, 4) is 0 Å². The summed E-state index contributed by atoms with van der Waals surface area (Å²) < 4.78 is 12.8. The smallest absolute Gasteiger partial charge is 0.166 e. The minimum Gasteiger partial charge on any atom is -0.398 e. The molecule has 76 valence electrons. The van der Waals surface area contributed by atoms with Crippen molar-refractivity contribution in [3.63, 3.8) is 0 Å². The fraction of sp³-hybridized carbons (Fsp3) is 0.300. The fourth-order valence-electron chi connectivity index (χ4n) is 1.14. The van der Waals surface area contributed by atoms with Gasteiger partial charge in [0.05, 0.1) is 0 Å². The van der Waals surface area contributed by atoms with Crippen molar-refractivity contribution in [2.24, 2.45) is 0 Å². The van der Waals surface area contributed by atoms with Crippen molar-refractivity contribution in [1.82, 2.24) is 5.32 Å². The highest BCUT2D eigenvalue weighted by molar-refractivity contribution is 6.00. The van der Waals surface area contributed by atoms with Crippen LogP contribution >= 0.6 is 0 Å². The zero-order valence-corrected chi connectivity index (χ0v) is 8.01. The molecule has 0 aliphatic rings. The van der Waals surface area contributed by atoms with Crippen LogP contribution in [0.25, 0.3) is 0 Å². The molecule has 0 unspecified atom stereocenters. The lowest BCUT2D eigenvalue weighted by Crippen LogP contribution is -2.14. The Hall–Kier alpha value is -1.42. The van der Waals surface area contributed by atoms with Crippen LogP contribution in [0, 0.1) is 5.82 Å². The third-order valence-corrected chi connectivity index (χ3v) is 1.92. The Labute approximate surface area is 82.1 Å². The topological polar surface area (TPSA) is 55.1 Å². The largest absolute Gasteiger partial charge is 0.398 e. The zero-order valence-electron chi connectivity index (χ0n) is 8.01. The van der Waals surface area contributed by atoms with Crippen LogP contribution in [-0.2, 0) is 0 Å². The van der Waals surface area contributed by atoms with E-state index in [0.717, 1.165) is 0 Å². The van der Waals surface area contributed by atoms with E-state index in [9.17, 15) is 9.18 Å². The molecule has 0 amide bonds. The Morgan fingerprint density at radius 3 is 2.93 bits per heavy atom. The molecule has 0 bridgehead atoms. The Morgan fingerprint density at radius 1 is 1.57 bits per heavy atom. The van der Waals surface area contributed by atoms with Crippen molar-refractivity contribution in [3.05, 3.63) is 29.6 Å². The Morgan fingerprint density at radius 2 is 2.29 bits per heavy atom. The molecule has 4 heteroatoms. The van der Waals surface area contributed by atoms with E-state index >= 15 is 0 Å². The number of halogens is 1. The van der Waals surface area contributed by atoms with Crippen molar-refractivity contribution in [2.75, 3.05) is 19.3 Å². The van der Waals surface area contributed by atoms with Crippen LogP contribution in [0.15, 0.2) is 18.2 Å². The molecule has 0 aliphatic carbocycles. The maximum Gasteiger partial charge on any atom is 0.166 e. The molecule has 1 aromatic carbocycles. The number of hydrogen-bond donors (Lipinski definition) is 2. The number of hydrogen-bond acceptors (Lipinski definition) is 3. The number of nitrogens with one attached hydrogen (secondary N) is 1. The first-order chi connectivity index (χ1) is 6.65. The SMILES string of the molecule is CNCCC(=O)c1cc(F)ccc1N. The quantitative estimate of drug-likeness (QED) is 0.562. The summed E-state index contributed by atoms with van der Waals surface area (Å²) >= 11 is 0. The monoisotopic (exact) mass is 196 g/mol. The van der Waals surface area contributed by atoms with Gasteiger partial charge in [0.15, 0.2) is 5.78 Å². The van der Waals surface area contributed by atoms with E-state index in [1.807, 2.05) is 0 Å². The lowest BCUT2D eigenvalue weighted by molar-refractivity contribution is 0.0983. The average molecular weight is 196 g/mol. The van der Waals surface area contributed by atoms with Crippen molar-refractivity contribution in [2.45, 2.75) is 6.42 Å². The molecule has 3 nitrogen and oxygen atoms in total. The van der Waals surface area contributed by atoms with E-state index in [-0.39, 0.29) is 11.3 Å². The second-order valence-electron chi connectivity index (χ2n) is 3.01. The molecule has 0 saturated carbocycles. The van der Waals surface area contributed by atoms with Gasteiger partial charge in [-0.3, -0.25) is 4.79 Å². The van der Waals surface area contributed by atoms with Crippen molar-refractivity contribution in [1.29, 1.82) is 0 Å². The third-order valence-electron chi connectivity index (χ3n) is 1.92. The van der Waals surface area contributed by atoms with E-state index in [4.69, 9.17) is 5.73 Å². The van der Waals surface area contributed by atoms with Crippen LogP contribution in [0.5, 0.6) is 0 Å². The number of nitrogens with two attached hydrogens (primary N) is 1. The molecular weight excluding hydrogens is 183 g/mol. The van der Waals surface area contributed by atoms with Crippen LogP contribution in [0.2, 0.25) is 0 Å². The summed E-state index contributed by atoms with van der Waals surface area (Å²) in [6.07, 6.45) is 0.324. The lowest BCUT2D eigenvalue weighted by atomic mass is 10.1. The number of Topliss-reactive ketones (excluding diaryl/α,β-unsaturated/α-hetero) is 1. The molecule has 0 saturated heterocycles. The average Bonchev–Trinajstić information content (AvgIpc) is 2.18. The first-order valence-electron chi connectivity index (χ1n) is 4.38. The standard InChI is InChI=1S/C10H13FN2O/c1-13-5-4-10(14)8-6-7(11)2-3-9(8)12/h2-3,6,13H,4-5,12H2,1H3. The van der Waals surface area contributed by atoms with Crippen LogP contribution < -0.4 is 11.1 Å². The highest BCUT2D eigenvalue weighted by atomic mass is 19.1. The van der Waals surface area contributed by atoms with Gasteiger partial charge in [0.1, 0.15) is 5.82 Å². The van der Waals surface area contributed by atoms with Crippen LogP contribution in [0.4, 0.5) is 10.1 Å². The van der Waals surface area contributed by atoms with Gasteiger partial charge in [-0.2, -0.15) is 0 Å². The van der Waals surface area contributed by atoms with Gasteiger partial charge in [-0.05, 0) is 25.2 Å². The first-order valence-corrected chi connectivity index (χ1v) is 4.38. The molecule has 0 fully saturated rings. The lowest BCUT2D eigenvalue weighted by Gasteiger charge is -2.04. The van der Waals surface area contributed by atoms with Gasteiger partial charge >= 0.3 is 0 Å². The second-order valence-corrected chi connectivity index (χ2v) is 3.01. The van der Waals surface area contributed by atoms with Gasteiger partial charge in [0, 0.05) is 24.2 Å². The number of rotatable bonds is 4. The summed E-state index contributed by atoms with van der Waals surface area (Å²) in [5, 5.41) is 2.85. The van der Waals surface area contributed by atoms with E-state index in [1.54, 1.807) is 7.05 Å². The van der Waals surface area contributed by atoms with Gasteiger partial charge in [0.2, 0.25) is 0 Å². The van der Waals surface area contributed by atoms with Gasteiger partial charge in [0.25, 0.3) is 0 Å². The maximum atomic E-state index is 12.8. The van der Waals surface area contributed by atoms with E-state index in [2.05, 4.69) is 5.32 Å². The first kappa shape index (κ1) is 10.7. The predicted octanol–water partition coefficient (Wildman–Crippen LogP) is 1.20. The molecule has 0 aromatic heterocycles. The molecule has 0 aliphatic heterocycles. The maximum absolute atomic E-state index is 12.8. The number of carbonyl (C=O) groups excluding carboxylic acids is 1. The van der Waals surface area contributed by atoms with Gasteiger partial charge in [-0.1, -0.05) is 0 Å². The Kier molecular flexibility index (Phi) is 3.59. The van der Waals surface area contributed by atoms with Crippen molar-refractivity contribution >= 4 is 11.5 Å². The number of anilines is 1. The minimum atomic E-state index is -0.438. The Balaban J connectivity index is 2.83. The molecule has 0 spiro atoms. The van der Waals surface area contributed by atoms with Gasteiger partial charge in [-0.15, -0.1) is 0 Å². The summed E-state index contributed by atoms with van der Waals surface area (Å²) in [5.41, 5.74) is 6.14. The van der Waals surface area contributed by atoms with Crippen LogP contribution in [0.1, 0.15) is 16.8 Å². The van der Waals surface area contributed by atoms with Crippen molar-refractivity contribution < 1.29 is 9.18 Å². The number of ketones is 1. The molecule has 0 radical (unpaired) electrons. The second kappa shape index (κ2) is 4.72. The zero-order chi connectivity index (χ0) is 10.6. The third kappa shape index (κ3) is 2.53. The number of carbonyl (C=O) groups is 1. The molecule has 1 aromatic rings.